The number of benzene rings is 3. The Morgan fingerprint density at radius 2 is 1.76 bits per heavy atom. The molecular formula is C27H21Cl2N7OS. The summed E-state index contributed by atoms with van der Waals surface area (Å²) in [6, 6.07) is 18.8. The van der Waals surface area contributed by atoms with Crippen LogP contribution in [0.3, 0.4) is 0 Å². The Hall–Kier alpha value is -4.10. The molecule has 1 unspecified atom stereocenters. The molecule has 0 aliphatic carbocycles. The largest absolute Gasteiger partial charge is 0.497 e. The third kappa shape index (κ3) is 5.15. The highest BCUT2D eigenvalue weighted by Gasteiger charge is 2.19. The van der Waals surface area contributed by atoms with E-state index in [4.69, 9.17) is 33.7 Å². The second kappa shape index (κ2) is 10.7. The second-order valence-electron chi connectivity index (χ2n) is 8.39. The number of rotatable bonds is 7. The Balaban J connectivity index is 1.40. The van der Waals surface area contributed by atoms with Crippen molar-refractivity contribution in [3.8, 4) is 11.8 Å². The first-order valence-corrected chi connectivity index (χ1v) is 13.0. The Bertz CT molecular complexity index is 1680. The predicted octanol–water partition coefficient (Wildman–Crippen LogP) is 7.44. The number of nitrogen functional groups attached to an aromatic ring is 1. The fourth-order valence-corrected chi connectivity index (χ4v) is 5.24. The van der Waals surface area contributed by atoms with Crippen molar-refractivity contribution >= 4 is 72.9 Å². The molecule has 190 valence electrons. The Kier molecular flexibility index (Phi) is 7.20. The molecule has 2 aromatic heterocycles. The molecular weight excluding hydrogens is 541 g/mol. The summed E-state index contributed by atoms with van der Waals surface area (Å²) in [6.07, 6.45) is 1.41. The van der Waals surface area contributed by atoms with E-state index in [1.807, 2.05) is 43.3 Å². The van der Waals surface area contributed by atoms with E-state index < -0.39 is 5.92 Å². The molecule has 2 heterocycles. The molecule has 0 bridgehead atoms. The van der Waals surface area contributed by atoms with E-state index in [1.54, 1.807) is 25.3 Å². The zero-order valence-electron chi connectivity index (χ0n) is 20.3. The highest BCUT2D eigenvalue weighted by atomic mass is 35.5. The van der Waals surface area contributed by atoms with E-state index in [9.17, 15) is 5.26 Å². The number of aryl methyl sites for hydroxylation is 1. The normalized spacial score (nSPS) is 11.7. The monoisotopic (exact) mass is 561 g/mol. The number of methoxy groups -OCH3 is 1. The summed E-state index contributed by atoms with van der Waals surface area (Å²) in [4.78, 5) is 13.2. The van der Waals surface area contributed by atoms with Gasteiger partial charge in [-0.05, 0) is 60.0 Å². The topological polar surface area (TPSA) is 122 Å². The molecule has 11 heteroatoms. The van der Waals surface area contributed by atoms with Crippen molar-refractivity contribution in [2.75, 3.05) is 23.5 Å². The molecule has 0 saturated carbocycles. The van der Waals surface area contributed by atoms with E-state index in [-0.39, 0.29) is 0 Å². The summed E-state index contributed by atoms with van der Waals surface area (Å²) in [5.74, 6) is 1.05. The lowest BCUT2D eigenvalue weighted by Crippen LogP contribution is -2.06. The molecule has 0 amide bonds. The van der Waals surface area contributed by atoms with Crippen LogP contribution < -0.4 is 21.1 Å². The minimum atomic E-state index is -0.541. The maximum absolute atomic E-state index is 9.87. The molecule has 0 spiro atoms. The summed E-state index contributed by atoms with van der Waals surface area (Å²) in [5.41, 5.74) is 10.6. The van der Waals surface area contributed by atoms with E-state index >= 15 is 0 Å². The van der Waals surface area contributed by atoms with E-state index in [1.165, 1.54) is 17.7 Å². The molecule has 3 aromatic carbocycles. The van der Waals surface area contributed by atoms with Gasteiger partial charge >= 0.3 is 0 Å². The second-order valence-corrected chi connectivity index (χ2v) is 10.3. The predicted molar refractivity (Wildman–Crippen MR) is 154 cm³/mol. The van der Waals surface area contributed by atoms with Crippen molar-refractivity contribution in [2.24, 2.45) is 0 Å². The van der Waals surface area contributed by atoms with Crippen molar-refractivity contribution < 1.29 is 4.74 Å². The summed E-state index contributed by atoms with van der Waals surface area (Å²) in [6.45, 7) is 1.92. The maximum Gasteiger partial charge on any atom is 0.189 e. The van der Waals surface area contributed by atoms with Crippen LogP contribution in [-0.4, -0.2) is 22.1 Å². The lowest BCUT2D eigenvalue weighted by atomic mass is 9.91. The van der Waals surface area contributed by atoms with Gasteiger partial charge in [-0.3, -0.25) is 0 Å². The molecule has 8 nitrogen and oxygen atoms in total. The zero-order valence-corrected chi connectivity index (χ0v) is 22.6. The van der Waals surface area contributed by atoms with E-state index in [0.29, 0.717) is 43.8 Å². The van der Waals surface area contributed by atoms with E-state index in [2.05, 4.69) is 31.7 Å². The van der Waals surface area contributed by atoms with Crippen LogP contribution in [0.4, 0.5) is 28.1 Å². The van der Waals surface area contributed by atoms with Crippen LogP contribution in [-0.2, 0) is 0 Å². The number of thiazole rings is 1. The van der Waals surface area contributed by atoms with Crippen LogP contribution in [0.15, 0.2) is 60.9 Å². The average Bonchev–Trinajstić information content (AvgIpc) is 3.32. The SMILES string of the molecule is COc1ccc2nc(Nc3ncnc(Nc4cc(Cl)c(C(C#N)c5ccc(Cl)cc5)cc4C)c3N)sc2c1. The number of halogens is 2. The third-order valence-electron chi connectivity index (χ3n) is 5.95. The summed E-state index contributed by atoms with van der Waals surface area (Å²) < 4.78 is 6.26. The summed E-state index contributed by atoms with van der Waals surface area (Å²) in [5, 5.41) is 18.0. The minimum Gasteiger partial charge on any atom is -0.497 e. The van der Waals surface area contributed by atoms with Crippen molar-refractivity contribution in [3.05, 3.63) is 87.7 Å². The number of nitrogens with zero attached hydrogens (tertiary/aromatic N) is 4. The average molecular weight is 562 g/mol. The summed E-state index contributed by atoms with van der Waals surface area (Å²) >= 11 is 14.1. The van der Waals surface area contributed by atoms with Crippen molar-refractivity contribution in [2.45, 2.75) is 12.8 Å². The van der Waals surface area contributed by atoms with Crippen LogP contribution >= 0.6 is 34.5 Å². The highest BCUT2D eigenvalue weighted by molar-refractivity contribution is 7.22. The van der Waals surface area contributed by atoms with Gasteiger partial charge in [-0.1, -0.05) is 52.7 Å². The zero-order chi connectivity index (χ0) is 26.8. The van der Waals surface area contributed by atoms with E-state index in [0.717, 1.165) is 27.1 Å². The maximum atomic E-state index is 9.87. The van der Waals surface area contributed by atoms with Gasteiger partial charge in [0.25, 0.3) is 0 Å². The molecule has 0 aliphatic heterocycles. The molecule has 4 N–H and O–H groups in total. The molecule has 0 fully saturated rings. The fraction of sp³-hybridized carbons (Fsp3) is 0.111. The number of fused-ring (bicyclic) bond motifs is 1. The fourth-order valence-electron chi connectivity index (χ4n) is 3.95. The van der Waals surface area contributed by atoms with Crippen molar-refractivity contribution in [1.29, 1.82) is 5.26 Å². The first kappa shape index (κ1) is 25.5. The smallest absolute Gasteiger partial charge is 0.189 e. The number of nitriles is 1. The quantitative estimate of drug-likeness (QED) is 0.187. The highest BCUT2D eigenvalue weighted by Crippen LogP contribution is 2.37. The lowest BCUT2D eigenvalue weighted by Gasteiger charge is -2.17. The van der Waals surface area contributed by atoms with Crippen LogP contribution in [0, 0.1) is 18.3 Å². The molecule has 0 aliphatic rings. The third-order valence-corrected chi connectivity index (χ3v) is 7.46. The van der Waals surface area contributed by atoms with Crippen molar-refractivity contribution in [3.63, 3.8) is 0 Å². The number of aromatic nitrogens is 3. The molecule has 5 rings (SSSR count). The number of ether oxygens (including phenoxy) is 1. The Morgan fingerprint density at radius 1 is 1.03 bits per heavy atom. The Labute approximate surface area is 233 Å². The lowest BCUT2D eigenvalue weighted by molar-refractivity contribution is 0.415. The van der Waals surface area contributed by atoms with Gasteiger partial charge in [0.1, 0.15) is 17.8 Å². The van der Waals surface area contributed by atoms with Crippen LogP contribution in [0.5, 0.6) is 5.75 Å². The molecule has 5 aromatic rings. The Morgan fingerprint density at radius 3 is 2.47 bits per heavy atom. The van der Waals surface area contributed by atoms with Gasteiger partial charge in [0.15, 0.2) is 16.8 Å². The van der Waals surface area contributed by atoms with Crippen LogP contribution in [0.1, 0.15) is 22.6 Å². The van der Waals surface area contributed by atoms with Gasteiger partial charge in [-0.2, -0.15) is 5.26 Å². The van der Waals surface area contributed by atoms with Crippen LogP contribution in [0.25, 0.3) is 10.2 Å². The van der Waals surface area contributed by atoms with Crippen LogP contribution in [0.2, 0.25) is 10.0 Å². The molecule has 38 heavy (non-hydrogen) atoms. The van der Waals surface area contributed by atoms with Gasteiger partial charge in [-0.15, -0.1) is 0 Å². The molecule has 0 saturated heterocycles. The van der Waals surface area contributed by atoms with Gasteiger partial charge in [-0.25, -0.2) is 15.0 Å². The van der Waals surface area contributed by atoms with Gasteiger partial charge in [0, 0.05) is 15.7 Å². The number of anilines is 5. The summed E-state index contributed by atoms with van der Waals surface area (Å²) in [7, 11) is 1.63. The van der Waals surface area contributed by atoms with Crippen molar-refractivity contribution in [1.82, 2.24) is 15.0 Å². The molecule has 0 radical (unpaired) electrons. The number of nitrogens with two attached hydrogens (primary N) is 1. The number of hydrogen-bond acceptors (Lipinski definition) is 9. The molecule has 1 atom stereocenters. The van der Waals surface area contributed by atoms with Gasteiger partial charge in [0.05, 0.1) is 29.3 Å². The van der Waals surface area contributed by atoms with Gasteiger partial charge in [0.2, 0.25) is 0 Å². The minimum absolute atomic E-state index is 0.319. The van der Waals surface area contributed by atoms with Gasteiger partial charge < -0.3 is 21.1 Å². The first-order chi connectivity index (χ1) is 18.4. The first-order valence-electron chi connectivity index (χ1n) is 11.4. The number of nitrogens with one attached hydrogen (secondary N) is 2. The number of hydrogen-bond donors (Lipinski definition) is 3. The standard InChI is InChI=1S/C27H21Cl2N7OS/c1-14-9-18(19(12-30)15-3-5-16(28)6-4-15)20(29)11-22(14)34-25-24(31)26(33-13-32-25)36-27-35-21-8-7-17(37-2)10-23(21)38-27/h3-11,13,19H,31H2,1-2H3,(H2,32,33,34,35,36).